The first-order chi connectivity index (χ1) is 20.1. The first-order valence-electron chi connectivity index (χ1n) is 14.7. The van der Waals surface area contributed by atoms with Crippen molar-refractivity contribution in [1.29, 1.82) is 0 Å². The van der Waals surface area contributed by atoms with Gasteiger partial charge in [0.1, 0.15) is 16.9 Å². The average molecular weight is 624 g/mol. The van der Waals surface area contributed by atoms with Gasteiger partial charge in [-0.15, -0.1) is 0 Å². The molecule has 0 aromatic carbocycles. The van der Waals surface area contributed by atoms with Crippen LogP contribution in [0.15, 0.2) is 38.5 Å². The van der Waals surface area contributed by atoms with Crippen molar-refractivity contribution in [2.24, 2.45) is 15.4 Å². The number of rotatable bonds is 8. The van der Waals surface area contributed by atoms with E-state index >= 15 is 4.39 Å². The Kier molecular flexibility index (Phi) is 8.40. The van der Waals surface area contributed by atoms with Crippen LogP contribution in [0, 0.1) is 5.41 Å². The Morgan fingerprint density at radius 2 is 1.84 bits per heavy atom. The molecule has 2 heterocycles. The third-order valence-corrected chi connectivity index (χ3v) is 10.4. The highest BCUT2D eigenvalue weighted by Crippen LogP contribution is 2.57. The number of nitrogens with zero attached hydrogens (tertiary/aromatic N) is 5. The number of sulfonamides is 1. The van der Waals surface area contributed by atoms with E-state index in [4.69, 9.17) is 0 Å². The van der Waals surface area contributed by atoms with E-state index in [2.05, 4.69) is 44.0 Å². The summed E-state index contributed by atoms with van der Waals surface area (Å²) < 4.78 is 72.0. The minimum atomic E-state index is -4.24. The van der Waals surface area contributed by atoms with Gasteiger partial charge in [0, 0.05) is 30.0 Å². The second kappa shape index (κ2) is 11.5. The number of allylic oxidation sites excluding steroid dienone is 3. The van der Waals surface area contributed by atoms with E-state index in [9.17, 15) is 22.0 Å². The maximum absolute atomic E-state index is 15.2. The molecule has 0 bridgehead atoms. The van der Waals surface area contributed by atoms with Crippen molar-refractivity contribution >= 4 is 21.6 Å². The monoisotopic (exact) mass is 623 g/mol. The van der Waals surface area contributed by atoms with Crippen molar-refractivity contribution in [2.45, 2.75) is 96.3 Å². The van der Waals surface area contributed by atoms with Gasteiger partial charge in [0.25, 0.3) is 11.5 Å². The lowest BCUT2D eigenvalue weighted by Gasteiger charge is -2.33. The van der Waals surface area contributed by atoms with E-state index in [0.717, 1.165) is 25.7 Å². The van der Waals surface area contributed by atoms with Crippen LogP contribution in [0.1, 0.15) is 77.5 Å². The molecule has 236 valence electrons. The highest BCUT2D eigenvalue weighted by atomic mass is 32.2. The Balaban J connectivity index is 1.39. The largest absolute Gasteiger partial charge is 0.352 e. The number of hydrogen-bond acceptors (Lipinski definition) is 8. The summed E-state index contributed by atoms with van der Waals surface area (Å²) in [6, 6.07) is 0.525. The van der Waals surface area contributed by atoms with E-state index in [0.29, 0.717) is 30.1 Å². The SMILES string of the molecule is CC(C)n1c2c(nc(=C3C=CC(NS(=O)(=O)CC4(C(C)(F)F)CC4)=C(F)C3)c1=O)CN=C(NC1CCC(N(C)C)CC1)N=2. The molecule has 0 saturated heterocycles. The summed E-state index contributed by atoms with van der Waals surface area (Å²) in [7, 11) is -0.0509. The van der Waals surface area contributed by atoms with Gasteiger partial charge in [-0.25, -0.2) is 31.6 Å². The molecule has 0 amide bonds. The summed E-state index contributed by atoms with van der Waals surface area (Å²) in [5, 5.41) is 3.46. The molecule has 0 unspecified atom stereocenters. The fraction of sp³-hybridized carbons (Fsp3) is 0.655. The lowest BCUT2D eigenvalue weighted by molar-refractivity contribution is -0.0447. The van der Waals surface area contributed by atoms with E-state index in [1.165, 1.54) is 16.7 Å². The van der Waals surface area contributed by atoms with E-state index < -0.39 is 38.5 Å². The van der Waals surface area contributed by atoms with Crippen molar-refractivity contribution in [2.75, 3.05) is 19.8 Å². The third-order valence-electron chi connectivity index (χ3n) is 8.93. The van der Waals surface area contributed by atoms with Gasteiger partial charge in [0.2, 0.25) is 16.0 Å². The minimum absolute atomic E-state index is 0.0344. The highest BCUT2D eigenvalue weighted by Gasteiger charge is 2.61. The van der Waals surface area contributed by atoms with Crippen LogP contribution in [-0.2, 0) is 16.6 Å². The van der Waals surface area contributed by atoms with E-state index in [-0.39, 0.29) is 54.5 Å². The molecule has 1 aromatic heterocycles. The molecule has 43 heavy (non-hydrogen) atoms. The second-order valence-electron chi connectivity index (χ2n) is 12.7. The Labute approximate surface area is 249 Å². The maximum Gasteiger partial charge on any atom is 0.278 e. The fourth-order valence-electron chi connectivity index (χ4n) is 6.05. The van der Waals surface area contributed by atoms with Crippen LogP contribution in [0.25, 0.3) is 5.57 Å². The number of aliphatic imine (C=N–C) groups is 1. The molecule has 10 nitrogen and oxygen atoms in total. The van der Waals surface area contributed by atoms with Gasteiger partial charge in [-0.3, -0.25) is 14.1 Å². The Morgan fingerprint density at radius 3 is 2.40 bits per heavy atom. The van der Waals surface area contributed by atoms with Gasteiger partial charge >= 0.3 is 0 Å². The summed E-state index contributed by atoms with van der Waals surface area (Å²) >= 11 is 0. The molecule has 2 fully saturated rings. The molecule has 2 N–H and O–H groups in total. The topological polar surface area (TPSA) is 121 Å². The maximum atomic E-state index is 15.2. The molecule has 2 saturated carbocycles. The van der Waals surface area contributed by atoms with Gasteiger partial charge in [-0.1, -0.05) is 6.08 Å². The Hall–Kier alpha value is -3.00. The van der Waals surface area contributed by atoms with Crippen molar-refractivity contribution in [3.63, 3.8) is 0 Å². The number of aromatic nitrogens is 2. The zero-order chi connectivity index (χ0) is 31.3. The van der Waals surface area contributed by atoms with Gasteiger partial charge in [0.15, 0.2) is 5.49 Å². The van der Waals surface area contributed by atoms with Crippen LogP contribution >= 0.6 is 0 Å². The molecule has 1 aromatic rings. The predicted octanol–water partition coefficient (Wildman–Crippen LogP) is 2.42. The smallest absolute Gasteiger partial charge is 0.278 e. The van der Waals surface area contributed by atoms with Crippen molar-refractivity contribution in [1.82, 2.24) is 24.5 Å². The van der Waals surface area contributed by atoms with Crippen molar-refractivity contribution < 1.29 is 21.6 Å². The molecule has 5 rings (SSSR count). The molecule has 3 aliphatic carbocycles. The van der Waals surface area contributed by atoms with Crippen LogP contribution < -0.4 is 26.4 Å². The molecule has 0 spiro atoms. The molecule has 14 heteroatoms. The van der Waals surface area contributed by atoms with Gasteiger partial charge in [-0.05, 0) is 85.0 Å². The molecule has 4 aliphatic rings. The summed E-state index contributed by atoms with van der Waals surface area (Å²) in [6.07, 6.45) is 6.56. The van der Waals surface area contributed by atoms with Crippen LogP contribution in [0.4, 0.5) is 13.2 Å². The van der Waals surface area contributed by atoms with E-state index in [1.807, 2.05) is 13.8 Å². The van der Waals surface area contributed by atoms with Crippen LogP contribution in [0.3, 0.4) is 0 Å². The average Bonchev–Trinajstić information content (AvgIpc) is 3.70. The van der Waals surface area contributed by atoms with E-state index in [1.54, 1.807) is 0 Å². The van der Waals surface area contributed by atoms with Gasteiger partial charge < -0.3 is 10.2 Å². The number of halogens is 3. The fourth-order valence-corrected chi connectivity index (χ4v) is 7.91. The third kappa shape index (κ3) is 6.59. The number of fused-ring (bicyclic) bond motifs is 1. The molecular formula is C29H40F3N7O3S. The van der Waals surface area contributed by atoms with Gasteiger partial charge in [-0.2, -0.15) is 4.99 Å². The Morgan fingerprint density at radius 1 is 1.16 bits per heavy atom. The quantitative estimate of drug-likeness (QED) is 0.459. The van der Waals surface area contributed by atoms with Crippen molar-refractivity contribution in [3.8, 4) is 0 Å². The summed E-state index contributed by atoms with van der Waals surface area (Å²) in [4.78, 5) is 29.7. The standard InChI is InChI=1S/C29H40F3N7O3S/c1-17(2)39-25-23(15-33-27(36-25)34-19-7-9-20(10-8-19)38(4)5)35-24(26(39)40)18-6-11-22(21(30)14-18)37-43(41,42)16-29(12-13-29)28(3,31)32/h6,11,17,19-20,37H,7-10,12-16H2,1-5H3,(H,33,34). The highest BCUT2D eigenvalue weighted by molar-refractivity contribution is 7.89. The Bertz CT molecular complexity index is 1660. The van der Waals surface area contributed by atoms with Gasteiger partial charge in [0.05, 0.1) is 18.0 Å². The molecule has 0 atom stereocenters. The lowest BCUT2D eigenvalue weighted by Crippen LogP contribution is -2.51. The first kappa shape index (κ1) is 31.4. The number of guanidine groups is 1. The minimum Gasteiger partial charge on any atom is -0.352 e. The molecule has 0 radical (unpaired) electrons. The van der Waals surface area contributed by atoms with Crippen LogP contribution in [-0.4, -0.2) is 66.7 Å². The zero-order valence-electron chi connectivity index (χ0n) is 25.3. The number of nitrogens with one attached hydrogen (secondary N) is 2. The summed E-state index contributed by atoms with van der Waals surface area (Å²) in [5.41, 5.74) is -1.24. The first-order valence-corrected chi connectivity index (χ1v) is 16.4. The van der Waals surface area contributed by atoms with Crippen LogP contribution in [0.5, 0.6) is 0 Å². The second-order valence-corrected chi connectivity index (χ2v) is 14.5. The summed E-state index contributed by atoms with van der Waals surface area (Å²) in [6.45, 7) is 4.60. The molecular weight excluding hydrogens is 583 g/mol. The van der Waals surface area contributed by atoms with Crippen molar-refractivity contribution in [3.05, 3.63) is 50.6 Å². The zero-order valence-corrected chi connectivity index (χ0v) is 26.1. The normalized spacial score (nSPS) is 24.9. The number of hydrogen-bond donors (Lipinski definition) is 2. The number of alkyl halides is 2. The molecule has 1 aliphatic heterocycles. The lowest BCUT2D eigenvalue weighted by atomic mass is 9.90. The summed E-state index contributed by atoms with van der Waals surface area (Å²) in [5.74, 6) is -4.32. The predicted molar refractivity (Wildman–Crippen MR) is 158 cm³/mol. The van der Waals surface area contributed by atoms with Crippen LogP contribution in [0.2, 0.25) is 0 Å².